The summed E-state index contributed by atoms with van der Waals surface area (Å²) in [7, 11) is -2.95. The molecule has 21 heavy (non-hydrogen) atoms. The van der Waals surface area contributed by atoms with Gasteiger partial charge in [0.2, 0.25) is 0 Å². The topological polar surface area (TPSA) is 71.4 Å². The summed E-state index contributed by atoms with van der Waals surface area (Å²) >= 11 is 5.89. The molecule has 116 valence electrons. The maximum Gasteiger partial charge on any atom is 0.306 e. The number of carboxylic acid groups (broad SMARTS) is 1. The fourth-order valence-electron chi connectivity index (χ4n) is 3.08. The van der Waals surface area contributed by atoms with Crippen molar-refractivity contribution >= 4 is 27.4 Å². The number of sulfone groups is 1. The molecule has 1 aromatic rings. The second-order valence-electron chi connectivity index (χ2n) is 5.69. The molecule has 0 aromatic heterocycles. The van der Waals surface area contributed by atoms with Crippen molar-refractivity contribution in [3.63, 3.8) is 0 Å². The van der Waals surface area contributed by atoms with Crippen molar-refractivity contribution in [3.8, 4) is 0 Å². The molecule has 0 spiro atoms. The molecular weight excluding hydrogens is 312 g/mol. The van der Waals surface area contributed by atoms with Crippen LogP contribution >= 0.6 is 11.6 Å². The lowest BCUT2D eigenvalue weighted by Gasteiger charge is -2.33. The van der Waals surface area contributed by atoms with E-state index < -0.39 is 21.7 Å². The van der Waals surface area contributed by atoms with Crippen LogP contribution in [0.25, 0.3) is 0 Å². The van der Waals surface area contributed by atoms with Crippen LogP contribution in [0.3, 0.4) is 0 Å². The number of aliphatic carboxylic acids is 1. The van der Waals surface area contributed by atoms with E-state index in [0.29, 0.717) is 17.9 Å². The van der Waals surface area contributed by atoms with E-state index in [9.17, 15) is 18.3 Å². The maximum absolute atomic E-state index is 11.6. The third-order valence-corrected chi connectivity index (χ3v) is 6.26. The molecule has 1 heterocycles. The molecule has 2 rings (SSSR count). The Morgan fingerprint density at radius 3 is 2.24 bits per heavy atom. The molecule has 1 aliphatic heterocycles. The van der Waals surface area contributed by atoms with Crippen molar-refractivity contribution < 1.29 is 18.3 Å². The minimum absolute atomic E-state index is 0.0702. The fraction of sp³-hybridized carbons (Fsp3) is 0.533. The van der Waals surface area contributed by atoms with Crippen LogP contribution in [0.1, 0.15) is 31.2 Å². The highest BCUT2D eigenvalue weighted by Gasteiger charge is 2.36. The lowest BCUT2D eigenvalue weighted by Crippen LogP contribution is -2.32. The summed E-state index contributed by atoms with van der Waals surface area (Å²) < 4.78 is 23.1. The zero-order chi connectivity index (χ0) is 15.6. The van der Waals surface area contributed by atoms with Crippen LogP contribution < -0.4 is 0 Å². The van der Waals surface area contributed by atoms with Crippen molar-refractivity contribution in [3.05, 3.63) is 34.9 Å². The largest absolute Gasteiger partial charge is 0.481 e. The molecular formula is C15H19ClO4S. The molecule has 4 nitrogen and oxygen atoms in total. The summed E-state index contributed by atoms with van der Waals surface area (Å²) in [6.07, 6.45) is 1.04. The third kappa shape index (κ3) is 3.98. The molecule has 0 saturated carbocycles. The van der Waals surface area contributed by atoms with E-state index >= 15 is 0 Å². The van der Waals surface area contributed by atoms with Gasteiger partial charge in [0, 0.05) is 5.02 Å². The second kappa shape index (κ2) is 6.36. The van der Waals surface area contributed by atoms with Crippen LogP contribution in [-0.4, -0.2) is 31.0 Å². The molecule has 6 heteroatoms. The molecule has 1 aromatic carbocycles. The minimum atomic E-state index is -2.95. The zero-order valence-electron chi connectivity index (χ0n) is 11.8. The first-order valence-corrected chi connectivity index (χ1v) is 9.19. The van der Waals surface area contributed by atoms with Gasteiger partial charge in [0.25, 0.3) is 0 Å². The molecule has 1 aliphatic rings. The molecule has 0 amide bonds. The predicted octanol–water partition coefficient (Wildman–Crippen LogP) is 2.97. The molecule has 0 bridgehead atoms. The third-order valence-electron chi connectivity index (χ3n) is 4.29. The lowest BCUT2D eigenvalue weighted by atomic mass is 9.75. The molecule has 0 unspecified atom stereocenters. The van der Waals surface area contributed by atoms with Crippen LogP contribution in [0, 0.1) is 11.8 Å². The molecule has 2 atom stereocenters. The quantitative estimate of drug-likeness (QED) is 0.921. The van der Waals surface area contributed by atoms with Gasteiger partial charge in [-0.2, -0.15) is 0 Å². The summed E-state index contributed by atoms with van der Waals surface area (Å²) in [5.41, 5.74) is 0.915. The first-order valence-electron chi connectivity index (χ1n) is 6.99. The average Bonchev–Trinajstić information content (AvgIpc) is 2.42. The van der Waals surface area contributed by atoms with Gasteiger partial charge in [-0.3, -0.25) is 4.79 Å². The minimum Gasteiger partial charge on any atom is -0.481 e. The number of carbonyl (C=O) groups is 1. The summed E-state index contributed by atoms with van der Waals surface area (Å²) in [5.74, 6) is -1.24. The summed E-state index contributed by atoms with van der Waals surface area (Å²) in [4.78, 5) is 11.4. The van der Waals surface area contributed by atoms with Crippen molar-refractivity contribution in [2.45, 2.75) is 25.7 Å². The SMILES string of the molecule is C[C@H](C(=O)O)[C@@H](c1ccc(Cl)cc1)C1CCS(=O)(=O)CC1. The van der Waals surface area contributed by atoms with Crippen molar-refractivity contribution in [2.75, 3.05) is 11.5 Å². The Kier molecular flexibility index (Phi) is 4.94. The van der Waals surface area contributed by atoms with E-state index in [-0.39, 0.29) is 23.3 Å². The molecule has 1 N–H and O–H groups in total. The van der Waals surface area contributed by atoms with Crippen molar-refractivity contribution in [1.82, 2.24) is 0 Å². The van der Waals surface area contributed by atoms with Crippen LogP contribution in [0.4, 0.5) is 0 Å². The van der Waals surface area contributed by atoms with Crippen LogP contribution in [-0.2, 0) is 14.6 Å². The average molecular weight is 331 g/mol. The van der Waals surface area contributed by atoms with E-state index in [1.165, 1.54) is 0 Å². The highest BCUT2D eigenvalue weighted by molar-refractivity contribution is 7.91. The van der Waals surface area contributed by atoms with Gasteiger partial charge in [-0.05, 0) is 42.4 Å². The Balaban J connectivity index is 2.28. The number of carboxylic acids is 1. The highest BCUT2D eigenvalue weighted by Crippen LogP contribution is 2.39. The maximum atomic E-state index is 11.6. The van der Waals surface area contributed by atoms with E-state index in [2.05, 4.69) is 0 Å². The van der Waals surface area contributed by atoms with E-state index in [0.717, 1.165) is 5.56 Å². The molecule has 0 radical (unpaired) electrons. The Morgan fingerprint density at radius 2 is 1.76 bits per heavy atom. The van der Waals surface area contributed by atoms with Crippen LogP contribution in [0.2, 0.25) is 5.02 Å². The summed E-state index contributed by atoms with van der Waals surface area (Å²) in [5, 5.41) is 9.96. The van der Waals surface area contributed by atoms with Crippen LogP contribution in [0.5, 0.6) is 0 Å². The van der Waals surface area contributed by atoms with Gasteiger partial charge >= 0.3 is 5.97 Å². The Bertz CT molecular complexity index is 595. The Labute approximate surface area is 130 Å². The van der Waals surface area contributed by atoms with Gasteiger partial charge in [-0.15, -0.1) is 0 Å². The highest BCUT2D eigenvalue weighted by atomic mass is 35.5. The van der Waals surface area contributed by atoms with Gasteiger partial charge in [0.05, 0.1) is 17.4 Å². The van der Waals surface area contributed by atoms with Gasteiger partial charge in [-0.25, -0.2) is 8.42 Å². The summed E-state index contributed by atoms with van der Waals surface area (Å²) in [6, 6.07) is 7.18. The fourth-order valence-corrected chi connectivity index (χ4v) is 4.73. The first-order chi connectivity index (χ1) is 9.80. The first kappa shape index (κ1) is 16.3. The Morgan fingerprint density at radius 1 is 1.24 bits per heavy atom. The van der Waals surface area contributed by atoms with Gasteiger partial charge in [0.1, 0.15) is 9.84 Å². The number of hydrogen-bond acceptors (Lipinski definition) is 3. The smallest absolute Gasteiger partial charge is 0.306 e. The van der Waals surface area contributed by atoms with Crippen LogP contribution in [0.15, 0.2) is 24.3 Å². The van der Waals surface area contributed by atoms with Crippen molar-refractivity contribution in [1.29, 1.82) is 0 Å². The summed E-state index contributed by atoms with van der Waals surface area (Å²) in [6.45, 7) is 1.69. The number of hydrogen-bond donors (Lipinski definition) is 1. The standard InChI is InChI=1S/C15H19ClO4S/c1-10(15(17)18)14(11-2-4-13(16)5-3-11)12-6-8-21(19,20)9-7-12/h2-5,10,12,14H,6-9H2,1H3,(H,17,18)/t10-,14-/m0/s1. The Hall–Kier alpha value is -1.07. The molecule has 1 saturated heterocycles. The van der Waals surface area contributed by atoms with E-state index in [1.54, 1.807) is 19.1 Å². The monoisotopic (exact) mass is 330 g/mol. The van der Waals surface area contributed by atoms with Crippen molar-refractivity contribution in [2.24, 2.45) is 11.8 Å². The van der Waals surface area contributed by atoms with E-state index in [4.69, 9.17) is 11.6 Å². The van der Waals surface area contributed by atoms with Gasteiger partial charge < -0.3 is 5.11 Å². The number of halogens is 1. The predicted molar refractivity (Wildman–Crippen MR) is 82.4 cm³/mol. The zero-order valence-corrected chi connectivity index (χ0v) is 13.4. The normalized spacial score (nSPS) is 21.6. The van der Waals surface area contributed by atoms with E-state index in [1.807, 2.05) is 12.1 Å². The number of rotatable bonds is 4. The molecule has 0 aliphatic carbocycles. The van der Waals surface area contributed by atoms with Gasteiger partial charge in [0.15, 0.2) is 0 Å². The number of benzene rings is 1. The lowest BCUT2D eigenvalue weighted by molar-refractivity contribution is -0.142. The molecule has 1 fully saturated rings. The van der Waals surface area contributed by atoms with Gasteiger partial charge in [-0.1, -0.05) is 30.7 Å². The second-order valence-corrected chi connectivity index (χ2v) is 8.43.